The first-order valence-electron chi connectivity index (χ1n) is 36.1. The van der Waals surface area contributed by atoms with E-state index in [2.05, 4.69) is 43.5 Å². The van der Waals surface area contributed by atoms with Gasteiger partial charge in [-0.1, -0.05) is 340 Å². The molecule has 468 valence electrons. The van der Waals surface area contributed by atoms with E-state index in [4.69, 9.17) is 4.74 Å². The van der Waals surface area contributed by atoms with Gasteiger partial charge in [-0.2, -0.15) is 0 Å². The van der Waals surface area contributed by atoms with Crippen LogP contribution in [0.3, 0.4) is 0 Å². The van der Waals surface area contributed by atoms with Gasteiger partial charge >= 0.3 is 5.97 Å². The molecule has 3 N–H and O–H groups in total. The van der Waals surface area contributed by atoms with Crippen LogP contribution in [0, 0.1) is 0 Å². The van der Waals surface area contributed by atoms with Crippen LogP contribution in [0.15, 0.2) is 24.3 Å². The molecule has 0 aliphatic rings. The summed E-state index contributed by atoms with van der Waals surface area (Å²) in [5, 5.41) is 23.4. The van der Waals surface area contributed by atoms with E-state index in [0.29, 0.717) is 25.9 Å². The van der Waals surface area contributed by atoms with Crippen molar-refractivity contribution in [3.63, 3.8) is 0 Å². The third-order valence-corrected chi connectivity index (χ3v) is 17.0. The second kappa shape index (κ2) is 68.8. The van der Waals surface area contributed by atoms with Crippen molar-refractivity contribution in [1.82, 2.24) is 5.32 Å². The van der Waals surface area contributed by atoms with E-state index < -0.39 is 12.1 Å². The maximum atomic E-state index is 12.5. The molecule has 0 aliphatic carbocycles. The number of ether oxygens (including phenoxy) is 1. The smallest absolute Gasteiger partial charge is 0.305 e. The quantitative estimate of drug-likeness (QED) is 0.0320. The molecule has 0 spiro atoms. The molecule has 0 aromatic rings. The van der Waals surface area contributed by atoms with Crippen molar-refractivity contribution in [2.75, 3.05) is 13.2 Å². The van der Waals surface area contributed by atoms with Crippen LogP contribution in [-0.2, 0) is 14.3 Å². The summed E-state index contributed by atoms with van der Waals surface area (Å²) in [5.74, 6) is -0.0199. The van der Waals surface area contributed by atoms with E-state index >= 15 is 0 Å². The monoisotopic (exact) mass is 1110 g/mol. The van der Waals surface area contributed by atoms with E-state index in [1.54, 1.807) is 0 Å². The number of allylic oxidation sites excluding steroid dienone is 4. The fourth-order valence-corrected chi connectivity index (χ4v) is 11.5. The van der Waals surface area contributed by atoms with Crippen LogP contribution in [0.1, 0.15) is 406 Å². The maximum Gasteiger partial charge on any atom is 0.305 e. The van der Waals surface area contributed by atoms with Crippen LogP contribution < -0.4 is 5.32 Å². The van der Waals surface area contributed by atoms with Crippen LogP contribution in [0.4, 0.5) is 0 Å². The van der Waals surface area contributed by atoms with Crippen LogP contribution in [-0.4, -0.2) is 47.4 Å². The van der Waals surface area contributed by atoms with Gasteiger partial charge in [0.25, 0.3) is 0 Å². The van der Waals surface area contributed by atoms with Gasteiger partial charge in [0.05, 0.1) is 25.4 Å². The third-order valence-electron chi connectivity index (χ3n) is 17.0. The number of esters is 1. The van der Waals surface area contributed by atoms with Gasteiger partial charge in [0.2, 0.25) is 5.91 Å². The summed E-state index contributed by atoms with van der Waals surface area (Å²) in [6, 6.07) is -0.540. The van der Waals surface area contributed by atoms with E-state index in [9.17, 15) is 19.8 Å². The lowest BCUT2D eigenvalue weighted by Gasteiger charge is -2.22. The Morgan fingerprint density at radius 3 is 0.911 bits per heavy atom. The molecular formula is C73H141NO5. The molecule has 0 aromatic carbocycles. The number of nitrogens with one attached hydrogen (secondary N) is 1. The van der Waals surface area contributed by atoms with Crippen molar-refractivity contribution in [2.45, 2.75) is 418 Å². The minimum atomic E-state index is -0.663. The molecule has 0 rings (SSSR count). The fraction of sp³-hybridized carbons (Fsp3) is 0.918. The van der Waals surface area contributed by atoms with Crippen molar-refractivity contribution < 1.29 is 24.5 Å². The molecule has 0 aliphatic heterocycles. The Hall–Kier alpha value is -1.66. The number of hydrogen-bond acceptors (Lipinski definition) is 5. The molecule has 2 atom stereocenters. The van der Waals surface area contributed by atoms with Crippen LogP contribution >= 0.6 is 0 Å². The molecule has 0 saturated heterocycles. The average Bonchev–Trinajstić information content (AvgIpc) is 3.45. The lowest BCUT2D eigenvalue weighted by atomic mass is 10.0. The van der Waals surface area contributed by atoms with Crippen molar-refractivity contribution >= 4 is 11.9 Å². The molecule has 2 unspecified atom stereocenters. The molecule has 6 heteroatoms. The first kappa shape index (κ1) is 77.3. The zero-order valence-electron chi connectivity index (χ0n) is 53.6. The predicted molar refractivity (Wildman–Crippen MR) is 347 cm³/mol. The highest BCUT2D eigenvalue weighted by Crippen LogP contribution is 2.19. The predicted octanol–water partition coefficient (Wildman–Crippen LogP) is 23.3. The van der Waals surface area contributed by atoms with E-state index in [0.717, 1.165) is 44.9 Å². The number of aliphatic hydroxyl groups excluding tert-OH is 2. The molecular weight excluding hydrogens is 971 g/mol. The zero-order valence-corrected chi connectivity index (χ0v) is 53.6. The molecule has 79 heavy (non-hydrogen) atoms. The summed E-state index contributed by atoms with van der Waals surface area (Å²) >= 11 is 0. The highest BCUT2D eigenvalue weighted by Gasteiger charge is 2.20. The Labute approximate surface area is 494 Å². The molecule has 6 nitrogen and oxygen atoms in total. The largest absolute Gasteiger partial charge is 0.466 e. The van der Waals surface area contributed by atoms with Gasteiger partial charge in [-0.3, -0.25) is 9.59 Å². The van der Waals surface area contributed by atoms with Crippen molar-refractivity contribution in [3.05, 3.63) is 24.3 Å². The van der Waals surface area contributed by atoms with Gasteiger partial charge in [-0.05, 0) is 77.0 Å². The summed E-state index contributed by atoms with van der Waals surface area (Å²) < 4.78 is 5.48. The minimum Gasteiger partial charge on any atom is -0.466 e. The number of unbranched alkanes of at least 4 members (excludes halogenated alkanes) is 53. The van der Waals surface area contributed by atoms with Gasteiger partial charge in [-0.25, -0.2) is 0 Å². The summed E-state index contributed by atoms with van der Waals surface area (Å²) in [6.45, 7) is 4.97. The Morgan fingerprint density at radius 2 is 0.595 bits per heavy atom. The van der Waals surface area contributed by atoms with E-state index in [1.165, 1.54) is 327 Å². The van der Waals surface area contributed by atoms with E-state index in [-0.39, 0.29) is 18.5 Å². The molecule has 0 fully saturated rings. The highest BCUT2D eigenvalue weighted by atomic mass is 16.5. The lowest BCUT2D eigenvalue weighted by molar-refractivity contribution is -0.143. The standard InChI is InChI=1S/C73H141NO5/c1-3-5-7-9-11-13-15-17-18-19-35-38-42-45-49-53-57-61-65-71(76)70(69-75)74-72(77)66-62-58-54-50-46-43-39-36-33-31-29-27-25-23-21-20-22-24-26-28-30-32-34-37-40-44-48-52-56-60-64-68-79-73(78)67-63-59-55-51-47-41-16-14-12-10-8-6-4-2/h14,16,22,24,70-71,75-76H,3-13,15,17-21,23,25-69H2,1-2H3,(H,74,77)/b16-14-,24-22-. The molecule has 1 amide bonds. The lowest BCUT2D eigenvalue weighted by Crippen LogP contribution is -2.45. The second-order valence-corrected chi connectivity index (χ2v) is 24.9. The Kier molecular flexibility index (Phi) is 67.4. The minimum absolute atomic E-state index is 0.00903. The average molecular weight is 1110 g/mol. The Balaban J connectivity index is 3.36. The highest BCUT2D eigenvalue weighted by molar-refractivity contribution is 5.76. The van der Waals surface area contributed by atoms with Crippen molar-refractivity contribution in [1.29, 1.82) is 0 Å². The van der Waals surface area contributed by atoms with Crippen molar-refractivity contribution in [3.8, 4) is 0 Å². The van der Waals surface area contributed by atoms with Crippen LogP contribution in [0.2, 0.25) is 0 Å². The summed E-state index contributed by atoms with van der Waals surface area (Å²) in [4.78, 5) is 24.6. The van der Waals surface area contributed by atoms with Crippen LogP contribution in [0.5, 0.6) is 0 Å². The maximum absolute atomic E-state index is 12.5. The molecule has 0 saturated carbocycles. The first-order chi connectivity index (χ1) is 39.0. The zero-order chi connectivity index (χ0) is 57.1. The molecule has 0 radical (unpaired) electrons. The number of amides is 1. The number of carbonyl (C=O) groups excluding carboxylic acids is 2. The number of carbonyl (C=O) groups is 2. The summed E-state index contributed by atoms with van der Waals surface area (Å²) in [7, 11) is 0. The fourth-order valence-electron chi connectivity index (χ4n) is 11.5. The van der Waals surface area contributed by atoms with Gasteiger partial charge in [-0.15, -0.1) is 0 Å². The molecule has 0 aromatic heterocycles. The summed E-state index contributed by atoms with van der Waals surface area (Å²) in [5.41, 5.74) is 0. The Bertz CT molecular complexity index is 1230. The number of aliphatic hydroxyl groups is 2. The Morgan fingerprint density at radius 1 is 0.342 bits per heavy atom. The van der Waals surface area contributed by atoms with Crippen LogP contribution in [0.25, 0.3) is 0 Å². The van der Waals surface area contributed by atoms with Gasteiger partial charge < -0.3 is 20.3 Å². The van der Waals surface area contributed by atoms with Gasteiger partial charge in [0.15, 0.2) is 0 Å². The second-order valence-electron chi connectivity index (χ2n) is 24.9. The number of hydrogen-bond donors (Lipinski definition) is 3. The summed E-state index contributed by atoms with van der Waals surface area (Å²) in [6.07, 6.45) is 86.6. The third kappa shape index (κ3) is 65.4. The number of rotatable bonds is 68. The molecule has 0 heterocycles. The molecule has 0 bridgehead atoms. The SMILES string of the molecule is CCCCCC/C=C\CCCCCCCC(=O)OCCCCCCCCCCCCCC/C=C\CCCCCCCCCCCCCCCCCC(=O)NC(CO)C(O)CCCCCCCCCCCCCCCCCCCC. The van der Waals surface area contributed by atoms with Gasteiger partial charge in [0.1, 0.15) is 0 Å². The van der Waals surface area contributed by atoms with Crippen molar-refractivity contribution in [2.24, 2.45) is 0 Å². The normalized spacial score (nSPS) is 12.6. The van der Waals surface area contributed by atoms with Gasteiger partial charge in [0, 0.05) is 12.8 Å². The first-order valence-corrected chi connectivity index (χ1v) is 36.1. The van der Waals surface area contributed by atoms with E-state index in [1.807, 2.05) is 0 Å². The topological polar surface area (TPSA) is 95.9 Å².